The van der Waals surface area contributed by atoms with Gasteiger partial charge in [-0.3, -0.25) is 10.1 Å². The lowest BCUT2D eigenvalue weighted by atomic mass is 10.1. The normalized spacial score (nSPS) is 11.0. The van der Waals surface area contributed by atoms with Crippen LogP contribution in [-0.2, 0) is 0 Å². The first-order chi connectivity index (χ1) is 15.1. The number of carbonyl (C=O) groups excluding carboxylic acids is 1. The molecule has 3 aromatic carbocycles. The molecule has 0 radical (unpaired) electrons. The van der Waals surface area contributed by atoms with Gasteiger partial charge >= 0.3 is 0 Å². The van der Waals surface area contributed by atoms with Crippen LogP contribution in [0, 0.1) is 0 Å². The number of para-hydroxylation sites is 2. The van der Waals surface area contributed by atoms with Crippen LogP contribution < -0.4 is 10.6 Å². The van der Waals surface area contributed by atoms with Gasteiger partial charge in [0.1, 0.15) is 22.3 Å². The van der Waals surface area contributed by atoms with Gasteiger partial charge in [-0.2, -0.15) is 8.75 Å². The van der Waals surface area contributed by atoms with Crippen LogP contribution in [0.5, 0.6) is 5.75 Å². The second kappa shape index (κ2) is 7.74. The number of aromatic nitrogens is 3. The first kappa shape index (κ1) is 19.1. The van der Waals surface area contributed by atoms with Gasteiger partial charge in [0.15, 0.2) is 10.7 Å². The minimum absolute atomic E-state index is 0.0113. The lowest BCUT2D eigenvalue weighted by Crippen LogP contribution is -2.34. The third-order valence-electron chi connectivity index (χ3n) is 4.52. The Bertz CT molecular complexity index is 1430. The highest BCUT2D eigenvalue weighted by atomic mass is 32.1. The number of fused-ring (bicyclic) bond motifs is 2. The summed E-state index contributed by atoms with van der Waals surface area (Å²) in [5, 5.41) is 15.9. The van der Waals surface area contributed by atoms with E-state index in [0.717, 1.165) is 17.2 Å². The molecule has 2 heterocycles. The first-order valence-corrected chi connectivity index (χ1v) is 10.2. The minimum atomic E-state index is -0.370. The largest absolute Gasteiger partial charge is 0.507 e. The molecule has 3 N–H and O–H groups in total. The van der Waals surface area contributed by atoms with E-state index in [1.165, 1.54) is 6.07 Å². The third kappa shape index (κ3) is 3.81. The van der Waals surface area contributed by atoms with Crippen LogP contribution in [-0.4, -0.2) is 29.9 Å². The van der Waals surface area contributed by atoms with Gasteiger partial charge < -0.3 is 14.8 Å². The topological polar surface area (TPSA) is 113 Å². The van der Waals surface area contributed by atoms with Crippen molar-refractivity contribution in [3.63, 3.8) is 0 Å². The summed E-state index contributed by atoms with van der Waals surface area (Å²) in [6.45, 7) is 0. The third-order valence-corrected chi connectivity index (χ3v) is 5.28. The van der Waals surface area contributed by atoms with E-state index < -0.39 is 0 Å². The van der Waals surface area contributed by atoms with Crippen molar-refractivity contribution in [1.29, 1.82) is 0 Å². The fraction of sp³-hybridized carbons (Fsp3) is 0. The summed E-state index contributed by atoms with van der Waals surface area (Å²) in [5.74, 6) is -0.0786. The van der Waals surface area contributed by atoms with Crippen LogP contribution in [0.3, 0.4) is 0 Å². The van der Waals surface area contributed by atoms with E-state index in [1.54, 1.807) is 36.4 Å². The monoisotopic (exact) mass is 447 g/mol. The van der Waals surface area contributed by atoms with Crippen molar-refractivity contribution in [2.75, 3.05) is 5.32 Å². The average Bonchev–Trinajstić information content (AvgIpc) is 3.41. The molecule has 0 saturated carbocycles. The number of carbonyl (C=O) groups is 1. The van der Waals surface area contributed by atoms with Crippen molar-refractivity contribution in [3.05, 3.63) is 66.2 Å². The molecule has 5 aromatic rings. The molecule has 1 amide bonds. The Balaban J connectivity index is 1.34. The summed E-state index contributed by atoms with van der Waals surface area (Å²) in [4.78, 5) is 16.9. The number of amides is 1. The molecular weight excluding hydrogens is 434 g/mol. The lowest BCUT2D eigenvalue weighted by molar-refractivity contribution is 0.0978. The SMILES string of the molecule is O=C(NC(=S)Nc1ccc(O)c(-c2nc3ccccc3o2)c1)c1ccc2nsnc2c1. The number of thiocarbonyl (C=S) groups is 1. The Kier molecular flexibility index (Phi) is 4.77. The van der Waals surface area contributed by atoms with Crippen molar-refractivity contribution >= 4 is 62.8 Å². The molecule has 0 spiro atoms. The number of phenols is 1. The summed E-state index contributed by atoms with van der Waals surface area (Å²) in [6.07, 6.45) is 0. The number of oxazole rings is 1. The van der Waals surface area contributed by atoms with Crippen LogP contribution in [0.4, 0.5) is 5.69 Å². The van der Waals surface area contributed by atoms with Gasteiger partial charge in [0.2, 0.25) is 5.89 Å². The van der Waals surface area contributed by atoms with Crippen LogP contribution >= 0.6 is 23.9 Å². The summed E-state index contributed by atoms with van der Waals surface area (Å²) >= 11 is 6.35. The van der Waals surface area contributed by atoms with Gasteiger partial charge in [-0.25, -0.2) is 4.98 Å². The molecule has 5 rings (SSSR count). The second-order valence-electron chi connectivity index (χ2n) is 6.59. The van der Waals surface area contributed by atoms with Gasteiger partial charge in [-0.15, -0.1) is 0 Å². The Morgan fingerprint density at radius 2 is 1.84 bits per heavy atom. The standard InChI is InChI=1S/C21H13N5O3S2/c27-17-8-6-12(10-13(17)20-23-15-3-1-2-4-18(15)29-20)22-21(30)24-19(28)11-5-7-14-16(9-11)26-31-25-14/h1-10,27H,(H2,22,24,28,30). The summed E-state index contributed by atoms with van der Waals surface area (Å²) in [5.41, 5.74) is 4.06. The molecule has 0 bridgehead atoms. The van der Waals surface area contributed by atoms with E-state index >= 15 is 0 Å². The molecule has 2 aromatic heterocycles. The second-order valence-corrected chi connectivity index (χ2v) is 7.53. The molecule has 0 fully saturated rings. The summed E-state index contributed by atoms with van der Waals surface area (Å²) < 4.78 is 14.0. The molecule has 0 saturated heterocycles. The Morgan fingerprint density at radius 3 is 2.71 bits per heavy atom. The predicted octanol–water partition coefficient (Wildman–Crippen LogP) is 4.33. The molecule has 8 nitrogen and oxygen atoms in total. The highest BCUT2D eigenvalue weighted by Crippen LogP contribution is 2.33. The molecule has 0 aliphatic rings. The van der Waals surface area contributed by atoms with E-state index in [9.17, 15) is 9.90 Å². The number of nitrogens with one attached hydrogen (secondary N) is 2. The molecule has 0 aliphatic carbocycles. The van der Waals surface area contributed by atoms with Crippen LogP contribution in [0.15, 0.2) is 65.1 Å². The van der Waals surface area contributed by atoms with Gasteiger partial charge in [-0.1, -0.05) is 12.1 Å². The van der Waals surface area contributed by atoms with Gasteiger partial charge in [-0.05, 0) is 60.7 Å². The number of hydrogen-bond donors (Lipinski definition) is 3. The molecule has 152 valence electrons. The maximum absolute atomic E-state index is 12.5. The van der Waals surface area contributed by atoms with Crippen LogP contribution in [0.2, 0.25) is 0 Å². The summed E-state index contributed by atoms with van der Waals surface area (Å²) in [6, 6.07) is 17.2. The van der Waals surface area contributed by atoms with Crippen molar-refractivity contribution in [3.8, 4) is 17.2 Å². The van der Waals surface area contributed by atoms with Crippen molar-refractivity contribution in [2.24, 2.45) is 0 Å². The molecule has 10 heteroatoms. The highest BCUT2D eigenvalue weighted by Gasteiger charge is 2.14. The quantitative estimate of drug-likeness (QED) is 0.277. The Hall–Kier alpha value is -3.89. The summed E-state index contributed by atoms with van der Waals surface area (Å²) in [7, 11) is 0. The van der Waals surface area contributed by atoms with Crippen LogP contribution in [0.1, 0.15) is 10.4 Å². The van der Waals surface area contributed by atoms with E-state index in [4.69, 9.17) is 16.6 Å². The Morgan fingerprint density at radius 1 is 1.00 bits per heavy atom. The van der Waals surface area contributed by atoms with E-state index in [0.29, 0.717) is 33.4 Å². The molecule has 31 heavy (non-hydrogen) atoms. The highest BCUT2D eigenvalue weighted by molar-refractivity contribution is 7.80. The predicted molar refractivity (Wildman–Crippen MR) is 122 cm³/mol. The molecule has 0 unspecified atom stereocenters. The fourth-order valence-electron chi connectivity index (χ4n) is 3.03. The van der Waals surface area contributed by atoms with E-state index in [1.807, 2.05) is 18.2 Å². The van der Waals surface area contributed by atoms with Gasteiger partial charge in [0.25, 0.3) is 5.91 Å². The van der Waals surface area contributed by atoms with Gasteiger partial charge in [0.05, 0.1) is 17.3 Å². The zero-order valence-corrected chi connectivity index (χ0v) is 17.3. The smallest absolute Gasteiger partial charge is 0.257 e. The van der Waals surface area contributed by atoms with Crippen molar-refractivity contribution < 1.29 is 14.3 Å². The fourth-order valence-corrected chi connectivity index (χ4v) is 3.76. The Labute approximate surface area is 184 Å². The lowest BCUT2D eigenvalue weighted by Gasteiger charge is -2.11. The zero-order chi connectivity index (χ0) is 21.4. The first-order valence-electron chi connectivity index (χ1n) is 9.10. The van der Waals surface area contributed by atoms with Crippen LogP contribution in [0.25, 0.3) is 33.6 Å². The van der Waals surface area contributed by atoms with E-state index in [2.05, 4.69) is 24.4 Å². The van der Waals surface area contributed by atoms with E-state index in [-0.39, 0.29) is 22.7 Å². The number of nitrogens with zero attached hydrogens (tertiary/aromatic N) is 3. The number of aromatic hydroxyl groups is 1. The minimum Gasteiger partial charge on any atom is -0.507 e. The molecular formula is C21H13N5O3S2. The maximum atomic E-state index is 12.5. The number of rotatable bonds is 3. The van der Waals surface area contributed by atoms with Crippen molar-refractivity contribution in [1.82, 2.24) is 19.0 Å². The number of phenolic OH excluding ortho intramolecular Hbond substituents is 1. The zero-order valence-electron chi connectivity index (χ0n) is 15.7. The maximum Gasteiger partial charge on any atom is 0.257 e. The number of anilines is 1. The number of benzene rings is 3. The van der Waals surface area contributed by atoms with Gasteiger partial charge in [0, 0.05) is 11.3 Å². The average molecular weight is 448 g/mol. The molecule has 0 atom stereocenters. The van der Waals surface area contributed by atoms with Crippen molar-refractivity contribution in [2.45, 2.75) is 0 Å². The number of hydrogen-bond acceptors (Lipinski definition) is 8. The molecule has 0 aliphatic heterocycles.